The van der Waals surface area contributed by atoms with Gasteiger partial charge in [0.15, 0.2) is 0 Å². The van der Waals surface area contributed by atoms with Crippen molar-refractivity contribution in [3.05, 3.63) is 40.7 Å². The van der Waals surface area contributed by atoms with E-state index in [2.05, 4.69) is 14.9 Å². The van der Waals surface area contributed by atoms with Crippen LogP contribution in [0, 0.1) is 13.8 Å². The molecule has 1 heterocycles. The molecule has 1 aromatic heterocycles. The second-order valence-electron chi connectivity index (χ2n) is 3.91. The van der Waals surface area contributed by atoms with Crippen LogP contribution in [0.3, 0.4) is 0 Å². The normalized spacial score (nSPS) is 10.3. The highest BCUT2D eigenvalue weighted by atomic mass is 16.6. The number of anilines is 1. The number of ether oxygens (including phenoxy) is 1. The van der Waals surface area contributed by atoms with E-state index >= 15 is 0 Å². The number of para-hydroxylation sites is 1. The fourth-order valence-corrected chi connectivity index (χ4v) is 1.45. The van der Waals surface area contributed by atoms with Crippen LogP contribution in [-0.4, -0.2) is 16.3 Å². The number of esters is 1. The minimum Gasteiger partial charge on any atom is -0.455 e. The molecular weight excluding hydrogens is 234 g/mol. The molecule has 0 saturated heterocycles. The smallest absolute Gasteiger partial charge is 0.340 e. The van der Waals surface area contributed by atoms with Crippen molar-refractivity contribution in [2.24, 2.45) is 0 Å². The first-order chi connectivity index (χ1) is 8.59. The molecule has 2 N–H and O–H groups in total. The molecule has 0 aliphatic heterocycles. The summed E-state index contributed by atoms with van der Waals surface area (Å²) in [6, 6.07) is 5.21. The predicted octanol–water partition coefficient (Wildman–Crippen LogP) is 1.63. The molecule has 0 amide bonds. The van der Waals surface area contributed by atoms with Crippen LogP contribution in [0.1, 0.15) is 27.3 Å². The summed E-state index contributed by atoms with van der Waals surface area (Å²) in [6.07, 6.45) is 0. The summed E-state index contributed by atoms with van der Waals surface area (Å²) in [5, 5.41) is 7.22. The third-order valence-corrected chi connectivity index (χ3v) is 2.63. The van der Waals surface area contributed by atoms with Crippen molar-refractivity contribution in [2.75, 3.05) is 5.73 Å². The number of rotatable bonds is 3. The third-order valence-electron chi connectivity index (χ3n) is 2.63. The molecule has 0 aliphatic rings. The lowest BCUT2D eigenvalue weighted by molar-refractivity contribution is 0.0464. The Hall–Kier alpha value is -2.37. The van der Waals surface area contributed by atoms with E-state index in [1.807, 2.05) is 13.0 Å². The van der Waals surface area contributed by atoms with Crippen molar-refractivity contribution in [1.29, 1.82) is 0 Å². The second kappa shape index (κ2) is 4.87. The van der Waals surface area contributed by atoms with Gasteiger partial charge in [0.2, 0.25) is 0 Å². The molecular formula is C12H13N3O3. The summed E-state index contributed by atoms with van der Waals surface area (Å²) in [6.45, 7) is 3.57. The molecule has 0 spiro atoms. The van der Waals surface area contributed by atoms with Gasteiger partial charge in [-0.05, 0) is 25.5 Å². The third kappa shape index (κ3) is 2.32. The number of hydrogen-bond donors (Lipinski definition) is 1. The van der Waals surface area contributed by atoms with E-state index in [1.165, 1.54) is 0 Å². The first kappa shape index (κ1) is 12.1. The highest BCUT2D eigenvalue weighted by Gasteiger charge is 2.14. The predicted molar refractivity (Wildman–Crippen MR) is 63.7 cm³/mol. The van der Waals surface area contributed by atoms with Crippen molar-refractivity contribution in [1.82, 2.24) is 10.3 Å². The van der Waals surface area contributed by atoms with E-state index in [-0.39, 0.29) is 6.61 Å². The number of hydrogen-bond acceptors (Lipinski definition) is 6. The van der Waals surface area contributed by atoms with E-state index < -0.39 is 5.97 Å². The van der Waals surface area contributed by atoms with Crippen LogP contribution in [0.4, 0.5) is 5.69 Å². The highest BCUT2D eigenvalue weighted by Crippen LogP contribution is 2.18. The van der Waals surface area contributed by atoms with Crippen molar-refractivity contribution in [3.8, 4) is 0 Å². The summed E-state index contributed by atoms with van der Waals surface area (Å²) < 4.78 is 9.62. The average molecular weight is 247 g/mol. The Morgan fingerprint density at radius 3 is 2.83 bits per heavy atom. The number of nitrogens with two attached hydrogens (primary N) is 1. The number of aryl methyl sites for hydroxylation is 2. The molecule has 6 nitrogen and oxygen atoms in total. The van der Waals surface area contributed by atoms with Gasteiger partial charge in [-0.3, -0.25) is 0 Å². The fourth-order valence-electron chi connectivity index (χ4n) is 1.45. The summed E-state index contributed by atoms with van der Waals surface area (Å²) in [5.41, 5.74) is 8.52. The maximum atomic E-state index is 11.8. The minimum atomic E-state index is -0.487. The average Bonchev–Trinajstić information content (AvgIpc) is 2.75. The number of carbonyl (C=O) groups excluding carboxylic acids is 1. The van der Waals surface area contributed by atoms with Crippen molar-refractivity contribution in [2.45, 2.75) is 20.5 Å². The molecule has 0 bridgehead atoms. The van der Waals surface area contributed by atoms with Crippen molar-refractivity contribution >= 4 is 11.7 Å². The minimum absolute atomic E-state index is 0.0154. The Bertz CT molecular complexity index is 578. The van der Waals surface area contributed by atoms with Crippen molar-refractivity contribution in [3.63, 3.8) is 0 Å². The molecule has 0 atom stereocenters. The van der Waals surface area contributed by atoms with Gasteiger partial charge in [0.1, 0.15) is 18.0 Å². The van der Waals surface area contributed by atoms with Gasteiger partial charge in [0.25, 0.3) is 0 Å². The van der Waals surface area contributed by atoms with Gasteiger partial charge in [-0.1, -0.05) is 22.4 Å². The van der Waals surface area contributed by atoms with Crippen LogP contribution < -0.4 is 5.73 Å². The van der Waals surface area contributed by atoms with E-state index in [0.717, 1.165) is 5.56 Å². The quantitative estimate of drug-likeness (QED) is 0.654. The zero-order valence-electron chi connectivity index (χ0n) is 10.1. The number of aromatic nitrogens is 2. The zero-order chi connectivity index (χ0) is 13.1. The number of nitrogens with zero attached hydrogens (tertiary/aromatic N) is 2. The monoisotopic (exact) mass is 247 g/mol. The summed E-state index contributed by atoms with van der Waals surface area (Å²) in [5.74, 6) is -0.487. The van der Waals surface area contributed by atoms with Gasteiger partial charge in [-0.2, -0.15) is 0 Å². The molecule has 0 unspecified atom stereocenters. The molecule has 18 heavy (non-hydrogen) atoms. The molecule has 1 aromatic carbocycles. The Kier molecular flexibility index (Phi) is 3.27. The molecule has 0 aliphatic carbocycles. The van der Waals surface area contributed by atoms with Gasteiger partial charge < -0.3 is 10.5 Å². The zero-order valence-corrected chi connectivity index (χ0v) is 10.1. The maximum Gasteiger partial charge on any atom is 0.340 e. The maximum absolute atomic E-state index is 11.8. The topological polar surface area (TPSA) is 91.2 Å². The lowest BCUT2D eigenvalue weighted by atomic mass is 10.1. The van der Waals surface area contributed by atoms with E-state index in [1.54, 1.807) is 19.1 Å². The van der Waals surface area contributed by atoms with Crippen LogP contribution >= 0.6 is 0 Å². The Morgan fingerprint density at radius 1 is 1.39 bits per heavy atom. The summed E-state index contributed by atoms with van der Waals surface area (Å²) in [7, 11) is 0. The van der Waals surface area contributed by atoms with Crippen LogP contribution in [0.2, 0.25) is 0 Å². The van der Waals surface area contributed by atoms with Crippen molar-refractivity contribution < 1.29 is 14.2 Å². The van der Waals surface area contributed by atoms with Gasteiger partial charge in [-0.25, -0.2) is 9.42 Å². The van der Waals surface area contributed by atoms with Gasteiger partial charge in [-0.15, -0.1) is 0 Å². The molecule has 6 heteroatoms. The van der Waals surface area contributed by atoms with E-state index in [9.17, 15) is 4.79 Å². The Balaban J connectivity index is 2.09. The second-order valence-corrected chi connectivity index (χ2v) is 3.91. The van der Waals surface area contributed by atoms with Crippen LogP contribution in [0.5, 0.6) is 0 Å². The molecule has 0 fully saturated rings. The molecule has 94 valence electrons. The van der Waals surface area contributed by atoms with Crippen LogP contribution in [0.15, 0.2) is 22.8 Å². The van der Waals surface area contributed by atoms with E-state index in [4.69, 9.17) is 10.5 Å². The first-order valence-corrected chi connectivity index (χ1v) is 5.40. The number of benzene rings is 1. The van der Waals surface area contributed by atoms with Gasteiger partial charge in [0.05, 0.1) is 5.56 Å². The van der Waals surface area contributed by atoms with Crippen LogP contribution in [-0.2, 0) is 11.3 Å². The van der Waals surface area contributed by atoms with E-state index in [0.29, 0.717) is 22.6 Å². The fraction of sp³-hybridized carbons (Fsp3) is 0.250. The standard InChI is InChI=1S/C12H13N3O3/c1-7-4-3-5-9(11(7)13)12(16)17-6-10-8(2)14-18-15-10/h3-5H,6,13H2,1-2H3. The number of carbonyl (C=O) groups is 1. The van der Waals surface area contributed by atoms with Crippen LogP contribution in [0.25, 0.3) is 0 Å². The summed E-state index contributed by atoms with van der Waals surface area (Å²) in [4.78, 5) is 11.8. The molecule has 0 radical (unpaired) electrons. The molecule has 2 rings (SSSR count). The Morgan fingerprint density at radius 2 is 2.17 bits per heavy atom. The lowest BCUT2D eigenvalue weighted by Crippen LogP contribution is -2.09. The molecule has 0 saturated carbocycles. The Labute approximate surface area is 104 Å². The summed E-state index contributed by atoms with van der Waals surface area (Å²) >= 11 is 0. The number of nitrogen functional groups attached to an aromatic ring is 1. The lowest BCUT2D eigenvalue weighted by Gasteiger charge is -2.07. The van der Waals surface area contributed by atoms with Gasteiger partial charge >= 0.3 is 5.97 Å². The largest absolute Gasteiger partial charge is 0.455 e. The highest BCUT2D eigenvalue weighted by molar-refractivity contribution is 5.95. The van der Waals surface area contributed by atoms with Gasteiger partial charge in [0, 0.05) is 5.69 Å². The first-order valence-electron chi connectivity index (χ1n) is 5.40. The SMILES string of the molecule is Cc1cccc(C(=O)OCc2nonc2C)c1N. The molecule has 2 aromatic rings.